The van der Waals surface area contributed by atoms with E-state index in [1.807, 2.05) is 36.0 Å². The molecular formula is C13H16N2OS. The molecule has 90 valence electrons. The average Bonchev–Trinajstić information content (AvgIpc) is 2.74. The van der Waals surface area contributed by atoms with Gasteiger partial charge in [0.15, 0.2) is 0 Å². The van der Waals surface area contributed by atoms with E-state index < -0.39 is 0 Å². The van der Waals surface area contributed by atoms with E-state index in [4.69, 9.17) is 0 Å². The number of nitrogens with zero attached hydrogens (tertiary/aromatic N) is 2. The van der Waals surface area contributed by atoms with Gasteiger partial charge in [0, 0.05) is 36.5 Å². The summed E-state index contributed by atoms with van der Waals surface area (Å²) in [6.07, 6.45) is 3.89. The van der Waals surface area contributed by atoms with Crippen LogP contribution in [0.25, 0.3) is 0 Å². The van der Waals surface area contributed by atoms with Gasteiger partial charge in [-0.3, -0.25) is 0 Å². The van der Waals surface area contributed by atoms with Gasteiger partial charge in [-0.2, -0.15) is 0 Å². The number of aliphatic hydroxyl groups excluding tert-OH is 1. The first-order valence-corrected chi connectivity index (χ1v) is 6.56. The Morgan fingerprint density at radius 2 is 2.12 bits per heavy atom. The molecule has 1 aromatic carbocycles. The van der Waals surface area contributed by atoms with Crippen LogP contribution in [-0.2, 0) is 13.5 Å². The maximum atomic E-state index is 9.93. The quantitative estimate of drug-likeness (QED) is 0.824. The summed E-state index contributed by atoms with van der Waals surface area (Å²) in [4.78, 5) is 5.39. The van der Waals surface area contributed by atoms with Gasteiger partial charge in [0.25, 0.3) is 0 Å². The fraction of sp³-hybridized carbons (Fsp3) is 0.308. The summed E-state index contributed by atoms with van der Waals surface area (Å²) in [5.74, 6) is 1.61. The molecule has 1 atom stereocenters. The van der Waals surface area contributed by atoms with E-state index in [1.165, 1.54) is 4.90 Å². The van der Waals surface area contributed by atoms with E-state index >= 15 is 0 Å². The lowest BCUT2D eigenvalue weighted by molar-refractivity contribution is 0.196. The molecule has 0 saturated heterocycles. The second kappa shape index (κ2) is 5.89. The van der Waals surface area contributed by atoms with Crippen LogP contribution in [0.4, 0.5) is 0 Å². The molecule has 2 rings (SSSR count). The second-order valence-corrected chi connectivity index (χ2v) is 5.03. The maximum absolute atomic E-state index is 9.93. The summed E-state index contributed by atoms with van der Waals surface area (Å²) < 4.78 is 1.94. The molecule has 1 aromatic heterocycles. The van der Waals surface area contributed by atoms with Gasteiger partial charge in [-0.1, -0.05) is 18.2 Å². The van der Waals surface area contributed by atoms with Crippen molar-refractivity contribution in [2.45, 2.75) is 17.4 Å². The molecule has 1 unspecified atom stereocenters. The van der Waals surface area contributed by atoms with Crippen LogP contribution in [0, 0.1) is 0 Å². The zero-order chi connectivity index (χ0) is 12.1. The Morgan fingerprint density at radius 3 is 2.76 bits per heavy atom. The lowest BCUT2D eigenvalue weighted by Gasteiger charge is -2.10. The van der Waals surface area contributed by atoms with Gasteiger partial charge in [0.1, 0.15) is 5.82 Å². The summed E-state index contributed by atoms with van der Waals surface area (Å²) in [6, 6.07) is 10.1. The van der Waals surface area contributed by atoms with Crippen molar-refractivity contribution in [3.63, 3.8) is 0 Å². The molecule has 0 amide bonds. The Bertz CT molecular complexity index is 455. The third-order valence-corrected chi connectivity index (χ3v) is 3.68. The van der Waals surface area contributed by atoms with Gasteiger partial charge in [0.05, 0.1) is 6.10 Å². The SMILES string of the molecule is Cn1ccnc1CC(O)CSc1ccccc1. The highest BCUT2D eigenvalue weighted by atomic mass is 32.2. The predicted molar refractivity (Wildman–Crippen MR) is 70.1 cm³/mol. The Kier molecular flexibility index (Phi) is 4.23. The normalized spacial score (nSPS) is 12.6. The second-order valence-electron chi connectivity index (χ2n) is 3.94. The van der Waals surface area contributed by atoms with Gasteiger partial charge >= 0.3 is 0 Å². The number of benzene rings is 1. The van der Waals surface area contributed by atoms with Crippen molar-refractivity contribution >= 4 is 11.8 Å². The smallest absolute Gasteiger partial charge is 0.110 e. The fourth-order valence-corrected chi connectivity index (χ4v) is 2.42. The monoisotopic (exact) mass is 248 g/mol. The molecule has 1 heterocycles. The number of hydrogen-bond acceptors (Lipinski definition) is 3. The molecule has 2 aromatic rings. The van der Waals surface area contributed by atoms with E-state index in [0.29, 0.717) is 12.2 Å². The Balaban J connectivity index is 1.82. The molecular weight excluding hydrogens is 232 g/mol. The van der Waals surface area contributed by atoms with Crippen LogP contribution in [-0.4, -0.2) is 26.5 Å². The van der Waals surface area contributed by atoms with Gasteiger partial charge in [-0.15, -0.1) is 11.8 Å². The van der Waals surface area contributed by atoms with E-state index in [2.05, 4.69) is 17.1 Å². The van der Waals surface area contributed by atoms with Crippen molar-refractivity contribution in [2.24, 2.45) is 7.05 Å². The van der Waals surface area contributed by atoms with Crippen LogP contribution < -0.4 is 0 Å². The predicted octanol–water partition coefficient (Wildman–Crippen LogP) is 2.12. The first kappa shape index (κ1) is 12.2. The Morgan fingerprint density at radius 1 is 1.35 bits per heavy atom. The van der Waals surface area contributed by atoms with Crippen molar-refractivity contribution in [1.82, 2.24) is 9.55 Å². The standard InChI is InChI=1S/C13H16N2OS/c1-15-8-7-14-13(15)9-11(16)10-17-12-5-3-2-4-6-12/h2-8,11,16H,9-10H2,1H3. The highest BCUT2D eigenvalue weighted by Crippen LogP contribution is 2.18. The summed E-state index contributed by atoms with van der Waals surface area (Å²) in [5.41, 5.74) is 0. The van der Waals surface area contributed by atoms with Crippen molar-refractivity contribution in [3.8, 4) is 0 Å². The molecule has 4 heteroatoms. The third-order valence-electron chi connectivity index (χ3n) is 2.52. The Labute approximate surface area is 106 Å². The van der Waals surface area contributed by atoms with Crippen LogP contribution in [0.5, 0.6) is 0 Å². The number of rotatable bonds is 5. The molecule has 17 heavy (non-hydrogen) atoms. The van der Waals surface area contributed by atoms with Gasteiger partial charge in [-0.25, -0.2) is 4.98 Å². The van der Waals surface area contributed by atoms with Crippen LogP contribution in [0.1, 0.15) is 5.82 Å². The molecule has 3 nitrogen and oxygen atoms in total. The molecule has 0 bridgehead atoms. The third kappa shape index (κ3) is 3.61. The van der Waals surface area contributed by atoms with E-state index in [0.717, 1.165) is 5.82 Å². The summed E-state index contributed by atoms with van der Waals surface area (Å²) in [5, 5.41) is 9.93. The molecule has 0 radical (unpaired) electrons. The number of aromatic nitrogens is 2. The summed E-state index contributed by atoms with van der Waals surface area (Å²) in [7, 11) is 1.94. The summed E-state index contributed by atoms with van der Waals surface area (Å²) >= 11 is 1.67. The van der Waals surface area contributed by atoms with Crippen LogP contribution in [0.2, 0.25) is 0 Å². The number of hydrogen-bond donors (Lipinski definition) is 1. The number of aryl methyl sites for hydroxylation is 1. The molecule has 1 N–H and O–H groups in total. The van der Waals surface area contributed by atoms with Gasteiger partial charge < -0.3 is 9.67 Å². The van der Waals surface area contributed by atoms with E-state index in [9.17, 15) is 5.11 Å². The molecule has 0 aliphatic rings. The Hall–Kier alpha value is -1.26. The first-order valence-electron chi connectivity index (χ1n) is 5.58. The maximum Gasteiger partial charge on any atom is 0.110 e. The van der Waals surface area contributed by atoms with Crippen molar-refractivity contribution in [3.05, 3.63) is 48.5 Å². The minimum atomic E-state index is -0.360. The molecule has 0 spiro atoms. The highest BCUT2D eigenvalue weighted by molar-refractivity contribution is 7.99. The van der Waals surface area contributed by atoms with Crippen molar-refractivity contribution in [1.29, 1.82) is 0 Å². The van der Waals surface area contributed by atoms with Gasteiger partial charge in [-0.05, 0) is 12.1 Å². The first-order chi connectivity index (χ1) is 8.25. The minimum Gasteiger partial charge on any atom is -0.392 e. The molecule has 0 saturated carbocycles. The topological polar surface area (TPSA) is 38.0 Å². The molecule has 0 aliphatic carbocycles. The molecule has 0 fully saturated rings. The van der Waals surface area contributed by atoms with Crippen LogP contribution in [0.3, 0.4) is 0 Å². The zero-order valence-corrected chi connectivity index (χ0v) is 10.6. The number of thioether (sulfide) groups is 1. The van der Waals surface area contributed by atoms with Crippen LogP contribution in [0.15, 0.2) is 47.6 Å². The van der Waals surface area contributed by atoms with Crippen LogP contribution >= 0.6 is 11.8 Å². The number of imidazole rings is 1. The average molecular weight is 248 g/mol. The lowest BCUT2D eigenvalue weighted by atomic mass is 10.3. The lowest BCUT2D eigenvalue weighted by Crippen LogP contribution is -2.16. The van der Waals surface area contributed by atoms with Crippen molar-refractivity contribution < 1.29 is 5.11 Å². The van der Waals surface area contributed by atoms with E-state index in [1.54, 1.807) is 18.0 Å². The fourth-order valence-electron chi connectivity index (χ4n) is 1.57. The largest absolute Gasteiger partial charge is 0.392 e. The number of aliphatic hydroxyl groups is 1. The molecule has 0 aliphatic heterocycles. The summed E-state index contributed by atoms with van der Waals surface area (Å²) in [6.45, 7) is 0. The zero-order valence-electron chi connectivity index (χ0n) is 9.78. The van der Waals surface area contributed by atoms with Gasteiger partial charge in [0.2, 0.25) is 0 Å². The van der Waals surface area contributed by atoms with E-state index in [-0.39, 0.29) is 6.10 Å². The van der Waals surface area contributed by atoms with Crippen molar-refractivity contribution in [2.75, 3.05) is 5.75 Å². The minimum absolute atomic E-state index is 0.360. The highest BCUT2D eigenvalue weighted by Gasteiger charge is 2.09.